The van der Waals surface area contributed by atoms with E-state index in [1.54, 1.807) is 35.2 Å². The molecule has 1 aliphatic rings. The predicted octanol–water partition coefficient (Wildman–Crippen LogP) is 6.90. The molecule has 1 N–H and O–H groups in total. The molecule has 3 aromatic rings. The maximum atomic E-state index is 14.1. The lowest BCUT2D eigenvalue weighted by atomic mass is 10.0. The van der Waals surface area contributed by atoms with Crippen LogP contribution in [0.2, 0.25) is 15.1 Å². The second-order valence-electron chi connectivity index (χ2n) is 11.2. The molecule has 1 fully saturated rings. The Kier molecular flexibility index (Phi) is 12.4. The van der Waals surface area contributed by atoms with Gasteiger partial charge in [-0.15, -0.1) is 0 Å². The molecule has 3 aromatic carbocycles. The number of ether oxygens (including phenoxy) is 1. The van der Waals surface area contributed by atoms with E-state index in [-0.39, 0.29) is 48.8 Å². The highest BCUT2D eigenvalue weighted by molar-refractivity contribution is 7.92. The molecule has 0 aliphatic heterocycles. The number of rotatable bonds is 14. The number of halogens is 3. The fraction of sp³-hybridized carbons (Fsp3) is 0.394. The van der Waals surface area contributed by atoms with Crippen molar-refractivity contribution >= 4 is 62.3 Å². The summed E-state index contributed by atoms with van der Waals surface area (Å²) in [6.45, 7) is 0.153. The van der Waals surface area contributed by atoms with E-state index in [0.29, 0.717) is 27.9 Å². The largest absolute Gasteiger partial charge is 0.495 e. The number of hydrogen-bond acceptors (Lipinski definition) is 5. The van der Waals surface area contributed by atoms with Gasteiger partial charge in [-0.1, -0.05) is 84.0 Å². The minimum absolute atomic E-state index is 0.000767. The first-order valence-electron chi connectivity index (χ1n) is 14.8. The molecular weight excluding hydrogens is 657 g/mol. The summed E-state index contributed by atoms with van der Waals surface area (Å²) < 4.78 is 31.9. The van der Waals surface area contributed by atoms with Crippen LogP contribution in [0.25, 0.3) is 0 Å². The van der Waals surface area contributed by atoms with E-state index >= 15 is 0 Å². The van der Waals surface area contributed by atoms with Crippen molar-refractivity contribution in [2.45, 2.75) is 63.6 Å². The molecule has 0 spiro atoms. The molecule has 8 nitrogen and oxygen atoms in total. The summed E-state index contributed by atoms with van der Waals surface area (Å²) in [7, 11) is -2.22. The van der Waals surface area contributed by atoms with Crippen molar-refractivity contribution in [3.05, 3.63) is 92.9 Å². The van der Waals surface area contributed by atoms with Crippen LogP contribution < -0.4 is 14.4 Å². The Bertz CT molecular complexity index is 1580. The van der Waals surface area contributed by atoms with E-state index in [2.05, 4.69) is 5.32 Å². The first-order chi connectivity index (χ1) is 21.5. The molecule has 45 heavy (non-hydrogen) atoms. The van der Waals surface area contributed by atoms with Crippen molar-refractivity contribution in [2.75, 3.05) is 24.2 Å². The van der Waals surface area contributed by atoms with Crippen LogP contribution in [0, 0.1) is 0 Å². The monoisotopic (exact) mass is 693 g/mol. The highest BCUT2D eigenvalue weighted by Gasteiger charge is 2.32. The molecular formula is C33H38Cl3N3O5S. The van der Waals surface area contributed by atoms with Crippen molar-refractivity contribution in [2.24, 2.45) is 0 Å². The average Bonchev–Trinajstić information content (AvgIpc) is 3.51. The number of hydrogen-bond donors (Lipinski definition) is 1. The van der Waals surface area contributed by atoms with Crippen LogP contribution >= 0.6 is 34.8 Å². The predicted molar refractivity (Wildman–Crippen MR) is 181 cm³/mol. The van der Waals surface area contributed by atoms with E-state index in [1.807, 2.05) is 30.3 Å². The van der Waals surface area contributed by atoms with Gasteiger partial charge in [0, 0.05) is 32.0 Å². The first-order valence-corrected chi connectivity index (χ1v) is 17.8. The average molecular weight is 695 g/mol. The number of benzene rings is 3. The molecule has 1 unspecified atom stereocenters. The van der Waals surface area contributed by atoms with Gasteiger partial charge in [0.05, 0.1) is 34.1 Å². The van der Waals surface area contributed by atoms with Gasteiger partial charge in [-0.05, 0) is 60.7 Å². The molecule has 2 amide bonds. The number of nitrogens with one attached hydrogen (secondary N) is 1. The van der Waals surface area contributed by atoms with Crippen LogP contribution in [0.5, 0.6) is 5.75 Å². The van der Waals surface area contributed by atoms with Crippen LogP contribution in [0.15, 0.2) is 66.7 Å². The fourth-order valence-electron chi connectivity index (χ4n) is 5.57. The Morgan fingerprint density at radius 3 is 2.27 bits per heavy atom. The number of amides is 2. The molecule has 12 heteroatoms. The molecule has 1 atom stereocenters. The summed E-state index contributed by atoms with van der Waals surface area (Å²) in [4.78, 5) is 29.5. The van der Waals surface area contributed by atoms with E-state index in [9.17, 15) is 18.0 Å². The van der Waals surface area contributed by atoms with Gasteiger partial charge in [-0.25, -0.2) is 8.42 Å². The van der Waals surface area contributed by atoms with E-state index in [4.69, 9.17) is 39.5 Å². The molecule has 4 rings (SSSR count). The highest BCUT2D eigenvalue weighted by atomic mass is 35.5. The van der Waals surface area contributed by atoms with E-state index in [1.165, 1.54) is 17.5 Å². The number of carbonyl (C=O) groups is 2. The number of nitrogens with zero attached hydrogens (tertiary/aromatic N) is 2. The van der Waals surface area contributed by atoms with Crippen LogP contribution in [0.4, 0.5) is 5.69 Å². The topological polar surface area (TPSA) is 96.0 Å². The second-order valence-corrected chi connectivity index (χ2v) is 14.4. The number of sulfonamides is 1. The van der Waals surface area contributed by atoms with Gasteiger partial charge in [-0.3, -0.25) is 13.9 Å². The molecule has 1 saturated carbocycles. The first kappa shape index (κ1) is 34.9. The minimum atomic E-state index is -3.70. The maximum absolute atomic E-state index is 14.1. The number of methoxy groups -OCH3 is 1. The van der Waals surface area contributed by atoms with Gasteiger partial charge in [-0.2, -0.15) is 0 Å². The third-order valence-corrected chi connectivity index (χ3v) is 10.1. The Balaban J connectivity index is 1.60. The molecule has 0 heterocycles. The van der Waals surface area contributed by atoms with Gasteiger partial charge < -0.3 is 15.0 Å². The van der Waals surface area contributed by atoms with E-state index < -0.39 is 16.1 Å². The standard InChI is InChI=1S/C33H38Cl3N3O5S/c1-44-31-17-15-26(21-29(31)36)39(45(2,42)43)18-8-13-32(40)38(22-24-14-16-27(34)28(35)19-24)30(20-23-9-4-3-5-10-23)33(41)37-25-11-6-7-12-25/h3-5,9-10,14-17,19,21,25,30H,6-8,11-13,18,20,22H2,1-2H3,(H,37,41). The lowest BCUT2D eigenvalue weighted by molar-refractivity contribution is -0.141. The molecule has 0 radical (unpaired) electrons. The SMILES string of the molecule is COc1ccc(N(CCCC(=O)N(Cc2ccc(Cl)c(Cl)c2)C(Cc2ccccc2)C(=O)NC2CCCC2)S(C)(=O)=O)cc1Cl. The fourth-order valence-corrected chi connectivity index (χ4v) is 7.10. The summed E-state index contributed by atoms with van der Waals surface area (Å²) in [5.41, 5.74) is 1.99. The molecule has 0 aromatic heterocycles. The van der Waals surface area contributed by atoms with Gasteiger partial charge in [0.1, 0.15) is 11.8 Å². The van der Waals surface area contributed by atoms with Crippen molar-refractivity contribution in [3.8, 4) is 5.75 Å². The summed E-state index contributed by atoms with van der Waals surface area (Å²) in [5.74, 6) is -0.0862. The van der Waals surface area contributed by atoms with Gasteiger partial charge in [0.2, 0.25) is 21.8 Å². The molecule has 0 saturated heterocycles. The minimum Gasteiger partial charge on any atom is -0.495 e. The Morgan fingerprint density at radius 2 is 1.64 bits per heavy atom. The quantitative estimate of drug-likeness (QED) is 0.198. The van der Waals surface area contributed by atoms with Crippen LogP contribution in [-0.2, 0) is 32.6 Å². The summed E-state index contributed by atoms with van der Waals surface area (Å²) in [6.07, 6.45) is 5.53. The third-order valence-electron chi connectivity index (χ3n) is 7.89. The van der Waals surface area contributed by atoms with Gasteiger partial charge in [0.15, 0.2) is 0 Å². The van der Waals surface area contributed by atoms with Crippen molar-refractivity contribution in [3.63, 3.8) is 0 Å². The van der Waals surface area contributed by atoms with Gasteiger partial charge in [0.25, 0.3) is 0 Å². The summed E-state index contributed by atoms with van der Waals surface area (Å²) in [6, 6.07) is 18.7. The molecule has 242 valence electrons. The van der Waals surface area contributed by atoms with Crippen molar-refractivity contribution < 1.29 is 22.7 Å². The van der Waals surface area contributed by atoms with Crippen molar-refractivity contribution in [1.29, 1.82) is 0 Å². The van der Waals surface area contributed by atoms with Gasteiger partial charge >= 0.3 is 0 Å². The van der Waals surface area contributed by atoms with E-state index in [0.717, 1.165) is 43.1 Å². The zero-order valence-electron chi connectivity index (χ0n) is 25.3. The Morgan fingerprint density at radius 1 is 0.933 bits per heavy atom. The molecule has 0 bridgehead atoms. The third kappa shape index (κ3) is 9.75. The Labute approximate surface area is 280 Å². The Hall–Kier alpha value is -2.98. The van der Waals surface area contributed by atoms with Crippen LogP contribution in [0.1, 0.15) is 49.7 Å². The zero-order chi connectivity index (χ0) is 32.6. The number of anilines is 1. The second kappa shape index (κ2) is 16.0. The maximum Gasteiger partial charge on any atom is 0.243 e. The zero-order valence-corrected chi connectivity index (χ0v) is 28.4. The molecule has 1 aliphatic carbocycles. The number of carbonyl (C=O) groups excluding carboxylic acids is 2. The lowest BCUT2D eigenvalue weighted by Crippen LogP contribution is -2.52. The normalized spacial score (nSPS) is 14.2. The summed E-state index contributed by atoms with van der Waals surface area (Å²) >= 11 is 18.8. The van der Waals surface area contributed by atoms with Crippen molar-refractivity contribution in [1.82, 2.24) is 10.2 Å². The summed E-state index contributed by atoms with van der Waals surface area (Å²) in [5, 5.41) is 4.18. The highest BCUT2D eigenvalue weighted by Crippen LogP contribution is 2.31. The van der Waals surface area contributed by atoms with Crippen LogP contribution in [0.3, 0.4) is 0 Å². The van der Waals surface area contributed by atoms with Crippen LogP contribution in [-0.4, -0.2) is 57.1 Å². The lowest BCUT2D eigenvalue weighted by Gasteiger charge is -2.33. The smallest absolute Gasteiger partial charge is 0.243 e.